The minimum Gasteiger partial charge on any atom is -0.495 e. The monoisotopic (exact) mass is 370 g/mol. The van der Waals surface area contributed by atoms with Crippen molar-refractivity contribution in [2.45, 2.75) is 6.92 Å². The lowest BCUT2D eigenvalue weighted by Crippen LogP contribution is -2.10. The summed E-state index contributed by atoms with van der Waals surface area (Å²) in [5.74, 6) is 1.15. The number of hydrogen-bond acceptors (Lipinski definition) is 5. The molecule has 0 fully saturated rings. The van der Waals surface area contributed by atoms with Gasteiger partial charge in [-0.25, -0.2) is 0 Å². The third kappa shape index (κ3) is 5.50. The number of ether oxygens (including phenoxy) is 3. The van der Waals surface area contributed by atoms with Gasteiger partial charge in [0, 0.05) is 18.7 Å². The molecule has 2 aromatic rings. The van der Waals surface area contributed by atoms with Crippen LogP contribution < -0.4 is 24.8 Å². The molecule has 0 aromatic heterocycles. The Morgan fingerprint density at radius 1 is 0.852 bits per heavy atom. The summed E-state index contributed by atoms with van der Waals surface area (Å²) < 4.78 is 15.6. The molecule has 0 aliphatic rings. The molecule has 0 atom stereocenters. The van der Waals surface area contributed by atoms with Gasteiger partial charge in [0.1, 0.15) is 5.75 Å². The van der Waals surface area contributed by atoms with Gasteiger partial charge in [-0.3, -0.25) is 9.59 Å². The number of benzene rings is 2. The summed E-state index contributed by atoms with van der Waals surface area (Å²) in [7, 11) is 4.62. The first-order valence-electron chi connectivity index (χ1n) is 8.13. The third-order valence-electron chi connectivity index (χ3n) is 3.61. The van der Waals surface area contributed by atoms with Gasteiger partial charge in [0.05, 0.1) is 27.0 Å². The average Bonchev–Trinajstić information content (AvgIpc) is 2.66. The van der Waals surface area contributed by atoms with E-state index in [1.165, 1.54) is 20.1 Å². The molecule has 0 spiro atoms. The maximum atomic E-state index is 12.2. The van der Waals surface area contributed by atoms with Crippen molar-refractivity contribution >= 4 is 29.3 Å². The number of carbonyl (C=O) groups is 2. The van der Waals surface area contributed by atoms with Crippen molar-refractivity contribution in [3.63, 3.8) is 0 Å². The molecule has 0 aliphatic carbocycles. The molecule has 0 unspecified atom stereocenters. The van der Waals surface area contributed by atoms with E-state index in [2.05, 4.69) is 10.6 Å². The predicted octanol–water partition coefficient (Wildman–Crippen LogP) is 3.32. The van der Waals surface area contributed by atoms with Gasteiger partial charge in [0.15, 0.2) is 11.5 Å². The van der Waals surface area contributed by atoms with Crippen molar-refractivity contribution in [2.75, 3.05) is 32.0 Å². The molecule has 2 rings (SSSR count). The van der Waals surface area contributed by atoms with E-state index in [9.17, 15) is 9.59 Å². The van der Waals surface area contributed by atoms with Gasteiger partial charge < -0.3 is 24.8 Å². The topological polar surface area (TPSA) is 85.9 Å². The Hall–Kier alpha value is -3.48. The van der Waals surface area contributed by atoms with Gasteiger partial charge >= 0.3 is 0 Å². The molecule has 0 bridgehead atoms. The summed E-state index contributed by atoms with van der Waals surface area (Å²) in [5, 5.41) is 5.40. The lowest BCUT2D eigenvalue weighted by Gasteiger charge is -2.11. The molecule has 7 nitrogen and oxygen atoms in total. The van der Waals surface area contributed by atoms with Crippen LogP contribution in [-0.4, -0.2) is 33.1 Å². The average molecular weight is 370 g/mol. The molecule has 0 heterocycles. The van der Waals surface area contributed by atoms with Gasteiger partial charge in [-0.1, -0.05) is 6.07 Å². The fourth-order valence-corrected chi connectivity index (χ4v) is 2.39. The van der Waals surface area contributed by atoms with E-state index in [1.54, 1.807) is 50.6 Å². The zero-order valence-corrected chi connectivity index (χ0v) is 15.7. The molecule has 27 heavy (non-hydrogen) atoms. The van der Waals surface area contributed by atoms with E-state index < -0.39 is 0 Å². The van der Waals surface area contributed by atoms with E-state index in [0.29, 0.717) is 28.6 Å². The maximum absolute atomic E-state index is 12.2. The molecular formula is C20H22N2O5. The fraction of sp³-hybridized carbons (Fsp3) is 0.200. The second-order valence-electron chi connectivity index (χ2n) is 5.53. The van der Waals surface area contributed by atoms with E-state index in [4.69, 9.17) is 14.2 Å². The van der Waals surface area contributed by atoms with Gasteiger partial charge in [-0.05, 0) is 42.0 Å². The van der Waals surface area contributed by atoms with Gasteiger partial charge in [0.25, 0.3) is 0 Å². The Morgan fingerprint density at radius 3 is 2.15 bits per heavy atom. The van der Waals surface area contributed by atoms with Gasteiger partial charge in [-0.2, -0.15) is 0 Å². The standard InChI is InChI=1S/C20H22N2O5/c1-13(23)21-16-12-15(7-9-17(16)25-2)22-20(24)10-6-14-5-8-18(26-3)19(11-14)27-4/h5-12H,1-4H3,(H,21,23)(H,22,24)/b10-6+. The van der Waals surface area contributed by atoms with Crippen molar-refractivity contribution in [2.24, 2.45) is 0 Å². The second kappa shape index (κ2) is 9.28. The molecular weight excluding hydrogens is 348 g/mol. The first-order valence-corrected chi connectivity index (χ1v) is 8.13. The highest BCUT2D eigenvalue weighted by atomic mass is 16.5. The minimum atomic E-state index is -0.316. The van der Waals surface area contributed by atoms with Crippen LogP contribution in [0.15, 0.2) is 42.5 Å². The van der Waals surface area contributed by atoms with Crippen LogP contribution in [-0.2, 0) is 9.59 Å². The van der Waals surface area contributed by atoms with E-state index in [-0.39, 0.29) is 11.8 Å². The summed E-state index contributed by atoms with van der Waals surface area (Å²) >= 11 is 0. The number of carbonyl (C=O) groups excluding carboxylic acids is 2. The maximum Gasteiger partial charge on any atom is 0.248 e. The van der Waals surface area contributed by atoms with Crippen LogP contribution in [0.5, 0.6) is 17.2 Å². The van der Waals surface area contributed by atoms with Crippen molar-refractivity contribution in [3.05, 3.63) is 48.0 Å². The van der Waals surface area contributed by atoms with Crippen LogP contribution in [0.2, 0.25) is 0 Å². The highest BCUT2D eigenvalue weighted by Crippen LogP contribution is 2.29. The summed E-state index contributed by atoms with van der Waals surface area (Å²) in [6.45, 7) is 1.40. The van der Waals surface area contributed by atoms with Crippen LogP contribution in [0.25, 0.3) is 6.08 Å². The Kier molecular flexibility index (Phi) is 6.82. The van der Waals surface area contributed by atoms with Crippen LogP contribution in [0, 0.1) is 0 Å². The first kappa shape index (κ1) is 19.8. The van der Waals surface area contributed by atoms with Crippen molar-refractivity contribution < 1.29 is 23.8 Å². The normalized spacial score (nSPS) is 10.4. The SMILES string of the molecule is COc1ccc(NC(=O)/C=C/c2ccc(OC)c(OC)c2)cc1NC(C)=O. The molecule has 2 N–H and O–H groups in total. The quantitative estimate of drug-likeness (QED) is 0.730. The zero-order chi connectivity index (χ0) is 19.8. The Bertz CT molecular complexity index is 861. The number of hydrogen-bond donors (Lipinski definition) is 2. The number of rotatable bonds is 7. The molecule has 0 radical (unpaired) electrons. The first-order chi connectivity index (χ1) is 13.0. The molecule has 0 saturated carbocycles. The smallest absolute Gasteiger partial charge is 0.248 e. The molecule has 0 saturated heterocycles. The molecule has 142 valence electrons. The van der Waals surface area contributed by atoms with Crippen LogP contribution in [0.1, 0.15) is 12.5 Å². The second-order valence-corrected chi connectivity index (χ2v) is 5.53. The highest BCUT2D eigenvalue weighted by Gasteiger charge is 2.08. The van der Waals surface area contributed by atoms with E-state index >= 15 is 0 Å². The van der Waals surface area contributed by atoms with Crippen LogP contribution >= 0.6 is 0 Å². The molecule has 2 aromatic carbocycles. The molecule has 2 amide bonds. The summed E-state index contributed by atoms with van der Waals surface area (Å²) in [4.78, 5) is 23.5. The Morgan fingerprint density at radius 2 is 1.52 bits per heavy atom. The van der Waals surface area contributed by atoms with Gasteiger partial charge in [0.2, 0.25) is 11.8 Å². The lowest BCUT2D eigenvalue weighted by atomic mass is 10.2. The number of amides is 2. The van der Waals surface area contributed by atoms with Crippen LogP contribution in [0.4, 0.5) is 11.4 Å². The molecule has 7 heteroatoms. The highest BCUT2D eigenvalue weighted by molar-refractivity contribution is 6.02. The zero-order valence-electron chi connectivity index (χ0n) is 15.7. The summed E-state index contributed by atoms with van der Waals surface area (Å²) in [5.41, 5.74) is 1.80. The number of nitrogens with one attached hydrogen (secondary N) is 2. The largest absolute Gasteiger partial charge is 0.495 e. The Balaban J connectivity index is 2.11. The van der Waals surface area contributed by atoms with Crippen LogP contribution in [0.3, 0.4) is 0 Å². The van der Waals surface area contributed by atoms with Crippen molar-refractivity contribution in [1.29, 1.82) is 0 Å². The minimum absolute atomic E-state index is 0.231. The van der Waals surface area contributed by atoms with E-state index in [1.807, 2.05) is 6.07 Å². The summed E-state index contributed by atoms with van der Waals surface area (Å²) in [6.07, 6.45) is 3.07. The van der Waals surface area contributed by atoms with Crippen molar-refractivity contribution in [1.82, 2.24) is 0 Å². The number of anilines is 2. The molecule has 0 aliphatic heterocycles. The Labute approximate surface area is 157 Å². The van der Waals surface area contributed by atoms with Gasteiger partial charge in [-0.15, -0.1) is 0 Å². The van der Waals surface area contributed by atoms with E-state index in [0.717, 1.165) is 5.56 Å². The predicted molar refractivity (Wildman–Crippen MR) is 105 cm³/mol. The lowest BCUT2D eigenvalue weighted by molar-refractivity contribution is -0.114. The number of methoxy groups -OCH3 is 3. The van der Waals surface area contributed by atoms with Crippen molar-refractivity contribution in [3.8, 4) is 17.2 Å². The summed E-state index contributed by atoms with van der Waals surface area (Å²) in [6, 6.07) is 10.3. The third-order valence-corrected chi connectivity index (χ3v) is 3.61. The fourth-order valence-electron chi connectivity index (χ4n) is 2.39.